The quantitative estimate of drug-likeness (QED) is 0.576. The molecule has 3 rings (SSSR count). The second-order valence-electron chi connectivity index (χ2n) is 5.33. The van der Waals surface area contributed by atoms with Gasteiger partial charge in [-0.2, -0.15) is 0 Å². The van der Waals surface area contributed by atoms with Gasteiger partial charge in [0.25, 0.3) is 0 Å². The van der Waals surface area contributed by atoms with Crippen LogP contribution in [0.3, 0.4) is 0 Å². The Hall–Kier alpha value is -2.88. The Morgan fingerprint density at radius 2 is 1.78 bits per heavy atom. The summed E-state index contributed by atoms with van der Waals surface area (Å²) in [4.78, 5) is 27.6. The van der Waals surface area contributed by atoms with E-state index in [1.807, 2.05) is 36.4 Å². The van der Waals surface area contributed by atoms with Crippen molar-refractivity contribution in [1.82, 2.24) is 4.98 Å². The summed E-state index contributed by atoms with van der Waals surface area (Å²) in [5, 5.41) is 0.636. The number of Topliss-reactive ketones (excluding diaryl/α,β-unsaturated/α-hetero) is 1. The molecule has 1 N–H and O–H groups in total. The largest absolute Gasteiger partial charge is 0.465 e. The van der Waals surface area contributed by atoms with E-state index in [0.717, 1.165) is 11.1 Å². The van der Waals surface area contributed by atoms with E-state index < -0.39 is 5.97 Å². The lowest BCUT2D eigenvalue weighted by molar-refractivity contribution is 0.0603. The van der Waals surface area contributed by atoms with Crippen molar-refractivity contribution in [2.75, 3.05) is 7.11 Å². The molecule has 0 unspecified atom stereocenters. The third-order valence-corrected chi connectivity index (χ3v) is 3.90. The van der Waals surface area contributed by atoms with E-state index in [-0.39, 0.29) is 5.78 Å². The average Bonchev–Trinajstić information content (AvgIpc) is 3.04. The number of methoxy groups -OCH3 is 1. The summed E-state index contributed by atoms with van der Waals surface area (Å²) in [5.41, 5.74) is 2.83. The molecule has 4 heteroatoms. The Kier molecular flexibility index (Phi) is 4.24. The number of benzene rings is 2. The molecule has 0 saturated carbocycles. The lowest BCUT2D eigenvalue weighted by atomic mass is 9.99. The van der Waals surface area contributed by atoms with Gasteiger partial charge in [0.05, 0.1) is 12.7 Å². The first kappa shape index (κ1) is 15.0. The van der Waals surface area contributed by atoms with Gasteiger partial charge < -0.3 is 9.72 Å². The van der Waals surface area contributed by atoms with Crippen molar-refractivity contribution in [3.05, 3.63) is 71.4 Å². The third-order valence-electron chi connectivity index (χ3n) is 3.90. The van der Waals surface area contributed by atoms with Crippen LogP contribution in [0.1, 0.15) is 32.7 Å². The molecule has 1 aromatic heterocycles. The fraction of sp³-hybridized carbons (Fsp3) is 0.158. The summed E-state index contributed by atoms with van der Waals surface area (Å²) in [6.07, 6.45) is 2.74. The molecule has 3 aromatic rings. The van der Waals surface area contributed by atoms with Crippen molar-refractivity contribution in [3.63, 3.8) is 0 Å². The van der Waals surface area contributed by atoms with E-state index in [9.17, 15) is 9.59 Å². The smallest absolute Gasteiger partial charge is 0.338 e. The Balaban J connectivity index is 1.90. The van der Waals surface area contributed by atoms with Crippen LogP contribution in [0.4, 0.5) is 0 Å². The molecular weight excluding hydrogens is 290 g/mol. The zero-order valence-corrected chi connectivity index (χ0v) is 12.8. The van der Waals surface area contributed by atoms with Crippen molar-refractivity contribution in [1.29, 1.82) is 0 Å². The highest BCUT2D eigenvalue weighted by Crippen LogP contribution is 2.25. The van der Waals surface area contributed by atoms with E-state index in [0.29, 0.717) is 29.4 Å². The van der Waals surface area contributed by atoms with Crippen molar-refractivity contribution in [2.24, 2.45) is 0 Å². The van der Waals surface area contributed by atoms with Crippen LogP contribution in [0, 0.1) is 0 Å². The molecule has 23 heavy (non-hydrogen) atoms. The van der Waals surface area contributed by atoms with E-state index >= 15 is 0 Å². The number of aromatic nitrogens is 1. The van der Waals surface area contributed by atoms with Crippen molar-refractivity contribution in [3.8, 4) is 0 Å². The van der Waals surface area contributed by atoms with Gasteiger partial charge in [0.15, 0.2) is 5.78 Å². The number of H-pyrrole nitrogens is 1. The maximum atomic E-state index is 12.6. The number of hydrogen-bond acceptors (Lipinski definition) is 3. The van der Waals surface area contributed by atoms with Crippen LogP contribution in [0.15, 0.2) is 54.7 Å². The Morgan fingerprint density at radius 3 is 2.52 bits per heavy atom. The summed E-state index contributed by atoms with van der Waals surface area (Å²) in [7, 11) is 1.34. The predicted octanol–water partition coefficient (Wildman–Crippen LogP) is 3.77. The van der Waals surface area contributed by atoms with Gasteiger partial charge in [-0.25, -0.2) is 4.79 Å². The van der Waals surface area contributed by atoms with Gasteiger partial charge >= 0.3 is 5.97 Å². The number of ketones is 1. The Morgan fingerprint density at radius 1 is 1.00 bits per heavy atom. The number of rotatable bonds is 5. The van der Waals surface area contributed by atoms with Gasteiger partial charge in [0.1, 0.15) is 0 Å². The third kappa shape index (κ3) is 3.01. The van der Waals surface area contributed by atoms with E-state index in [2.05, 4.69) is 4.98 Å². The molecule has 0 radical (unpaired) electrons. The molecule has 2 aromatic carbocycles. The molecule has 0 spiro atoms. The minimum absolute atomic E-state index is 0.0106. The number of ether oxygens (including phenoxy) is 1. The average molecular weight is 307 g/mol. The molecule has 0 atom stereocenters. The summed E-state index contributed by atoms with van der Waals surface area (Å²) in [5.74, 6) is -0.427. The number of hydrogen-bond donors (Lipinski definition) is 1. The van der Waals surface area contributed by atoms with Crippen molar-refractivity contribution >= 4 is 22.7 Å². The molecule has 1 heterocycles. The monoisotopic (exact) mass is 307 g/mol. The first-order chi connectivity index (χ1) is 11.2. The molecule has 0 aliphatic heterocycles. The van der Waals surface area contributed by atoms with Gasteiger partial charge in [-0.15, -0.1) is 0 Å². The zero-order chi connectivity index (χ0) is 16.2. The minimum Gasteiger partial charge on any atom is -0.465 e. The molecule has 116 valence electrons. The molecule has 0 amide bonds. The van der Waals surface area contributed by atoms with Crippen LogP contribution in [0.2, 0.25) is 0 Å². The molecule has 0 aliphatic rings. The van der Waals surface area contributed by atoms with Gasteiger partial charge in [0, 0.05) is 29.1 Å². The van der Waals surface area contributed by atoms with E-state index in [4.69, 9.17) is 4.74 Å². The molecular formula is C19H17NO3. The SMILES string of the molecule is COC(=O)c1cccc2[nH]cc(C(=O)CCc3ccccc3)c12. The second-order valence-corrected chi connectivity index (χ2v) is 5.33. The minimum atomic E-state index is -0.438. The van der Waals surface area contributed by atoms with Crippen LogP contribution in [0.25, 0.3) is 10.9 Å². The van der Waals surface area contributed by atoms with Crippen molar-refractivity contribution < 1.29 is 14.3 Å². The van der Waals surface area contributed by atoms with E-state index in [1.165, 1.54) is 7.11 Å². The molecule has 4 nitrogen and oxygen atoms in total. The predicted molar refractivity (Wildman–Crippen MR) is 88.7 cm³/mol. The maximum Gasteiger partial charge on any atom is 0.338 e. The number of nitrogens with one attached hydrogen (secondary N) is 1. The zero-order valence-electron chi connectivity index (χ0n) is 12.8. The first-order valence-corrected chi connectivity index (χ1v) is 7.46. The summed E-state index contributed by atoms with van der Waals surface area (Å²) < 4.78 is 4.81. The number of aromatic amines is 1. The van der Waals surface area contributed by atoms with Gasteiger partial charge in [0.2, 0.25) is 0 Å². The van der Waals surface area contributed by atoms with Gasteiger partial charge in [-0.05, 0) is 24.1 Å². The van der Waals surface area contributed by atoms with Crippen LogP contribution in [0.5, 0.6) is 0 Å². The normalized spacial score (nSPS) is 10.7. The lowest BCUT2D eigenvalue weighted by Crippen LogP contribution is -2.05. The molecule has 0 fully saturated rings. The van der Waals surface area contributed by atoms with E-state index in [1.54, 1.807) is 18.3 Å². The number of esters is 1. The van der Waals surface area contributed by atoms with Gasteiger partial charge in [-0.3, -0.25) is 4.79 Å². The number of fused-ring (bicyclic) bond motifs is 1. The molecule has 0 aliphatic carbocycles. The summed E-state index contributed by atoms with van der Waals surface area (Å²) in [6, 6.07) is 15.2. The fourth-order valence-electron chi connectivity index (χ4n) is 2.72. The van der Waals surface area contributed by atoms with Crippen LogP contribution >= 0.6 is 0 Å². The highest BCUT2D eigenvalue weighted by molar-refractivity contribution is 6.14. The summed E-state index contributed by atoms with van der Waals surface area (Å²) in [6.45, 7) is 0. The standard InChI is InChI=1S/C19H17NO3/c1-23-19(22)14-8-5-9-16-18(14)15(12-20-16)17(21)11-10-13-6-3-2-4-7-13/h2-9,12,20H,10-11H2,1H3. The Bertz CT molecular complexity index is 849. The van der Waals surface area contributed by atoms with Crippen LogP contribution in [-0.2, 0) is 11.2 Å². The highest BCUT2D eigenvalue weighted by Gasteiger charge is 2.18. The molecule has 0 bridgehead atoms. The number of carbonyl (C=O) groups excluding carboxylic acids is 2. The van der Waals surface area contributed by atoms with Crippen molar-refractivity contribution in [2.45, 2.75) is 12.8 Å². The maximum absolute atomic E-state index is 12.6. The van der Waals surface area contributed by atoms with Crippen LogP contribution in [-0.4, -0.2) is 23.8 Å². The number of carbonyl (C=O) groups is 2. The lowest BCUT2D eigenvalue weighted by Gasteiger charge is -2.04. The highest BCUT2D eigenvalue weighted by atomic mass is 16.5. The number of aryl methyl sites for hydroxylation is 1. The molecule has 0 saturated heterocycles. The Labute approximate surface area is 134 Å². The second kappa shape index (κ2) is 6.48. The first-order valence-electron chi connectivity index (χ1n) is 7.46. The van der Waals surface area contributed by atoms with Crippen LogP contribution < -0.4 is 0 Å². The summed E-state index contributed by atoms with van der Waals surface area (Å²) >= 11 is 0. The topological polar surface area (TPSA) is 59.2 Å². The van der Waals surface area contributed by atoms with Gasteiger partial charge in [-0.1, -0.05) is 36.4 Å². The fourth-order valence-corrected chi connectivity index (χ4v) is 2.72.